The van der Waals surface area contributed by atoms with Gasteiger partial charge in [0.05, 0.1) is 17.4 Å². The van der Waals surface area contributed by atoms with Crippen LogP contribution in [0.1, 0.15) is 44.1 Å². The first-order chi connectivity index (χ1) is 16.3. The number of rotatable bonds is 6. The number of nitrogens with zero attached hydrogens (tertiary/aromatic N) is 1. The number of ether oxygens (including phenoxy) is 2. The molecule has 1 saturated heterocycles. The molecule has 0 atom stereocenters. The highest BCUT2D eigenvalue weighted by atomic mass is 79.9. The largest absolute Gasteiger partial charge is 0.493 e. The van der Waals surface area contributed by atoms with Gasteiger partial charge in [0.1, 0.15) is 6.61 Å². The van der Waals surface area contributed by atoms with Gasteiger partial charge in [-0.1, -0.05) is 33.6 Å². The van der Waals surface area contributed by atoms with Crippen molar-refractivity contribution in [1.82, 2.24) is 10.4 Å². The quantitative estimate of drug-likeness (QED) is 0.302. The number of hydrazine groups is 1. The smallest absolute Gasteiger partial charge is 0.285 e. The number of carbonyl (C=O) groups is 2. The molecular formula is C25H25BrN2O4S2. The summed E-state index contributed by atoms with van der Waals surface area (Å²) in [4.78, 5) is 27.1. The number of nitrogens with one attached hydrogen (secondary N) is 1. The van der Waals surface area contributed by atoms with Crippen molar-refractivity contribution in [2.75, 3.05) is 13.7 Å². The Morgan fingerprint density at radius 3 is 2.56 bits per heavy atom. The maximum Gasteiger partial charge on any atom is 0.285 e. The average molecular weight is 562 g/mol. The molecule has 4 bridgehead atoms. The zero-order chi connectivity index (χ0) is 24.0. The summed E-state index contributed by atoms with van der Waals surface area (Å²) in [5, 5.41) is 1.23. The molecule has 1 aromatic rings. The van der Waals surface area contributed by atoms with Gasteiger partial charge < -0.3 is 9.47 Å². The van der Waals surface area contributed by atoms with E-state index < -0.39 is 0 Å². The first kappa shape index (κ1) is 23.7. The second-order valence-electron chi connectivity index (χ2n) is 9.68. The van der Waals surface area contributed by atoms with E-state index in [9.17, 15) is 9.59 Å². The highest BCUT2D eigenvalue weighted by molar-refractivity contribution is 9.10. The summed E-state index contributed by atoms with van der Waals surface area (Å²) >= 11 is 10.1. The second-order valence-corrected chi connectivity index (χ2v) is 12.3. The molecule has 2 amide bonds. The van der Waals surface area contributed by atoms with Gasteiger partial charge in [0.25, 0.3) is 5.91 Å². The van der Waals surface area contributed by atoms with Crippen LogP contribution >= 0.6 is 39.9 Å². The summed E-state index contributed by atoms with van der Waals surface area (Å²) in [6.07, 6.45) is 13.5. The van der Waals surface area contributed by atoms with Gasteiger partial charge in [0, 0.05) is 10.0 Å². The number of hydrogen-bond donors (Lipinski definition) is 1. The lowest BCUT2D eigenvalue weighted by Gasteiger charge is -2.55. The molecule has 0 aromatic heterocycles. The Morgan fingerprint density at radius 1 is 1.32 bits per heavy atom. The predicted molar refractivity (Wildman–Crippen MR) is 139 cm³/mol. The van der Waals surface area contributed by atoms with E-state index in [4.69, 9.17) is 28.1 Å². The van der Waals surface area contributed by atoms with Crippen molar-refractivity contribution in [2.24, 2.45) is 23.2 Å². The molecule has 178 valence electrons. The molecule has 0 radical (unpaired) electrons. The van der Waals surface area contributed by atoms with Crippen LogP contribution in [0.25, 0.3) is 6.08 Å². The lowest BCUT2D eigenvalue weighted by molar-refractivity contribution is -0.152. The fourth-order valence-corrected chi connectivity index (χ4v) is 8.06. The van der Waals surface area contributed by atoms with Crippen LogP contribution in [0.3, 0.4) is 0 Å². The molecule has 4 aliphatic carbocycles. The SMILES string of the molecule is C#CCOc1c(/C=C2/SC(=S)N(NC(=O)C34CC5CC(CC(C5)C3)C4)C2=O)cc(Br)cc1OC. The third-order valence-electron chi connectivity index (χ3n) is 7.38. The molecule has 6 rings (SSSR count). The lowest BCUT2D eigenvalue weighted by Crippen LogP contribution is -2.57. The maximum atomic E-state index is 13.5. The van der Waals surface area contributed by atoms with Crippen LogP contribution in [0.4, 0.5) is 0 Å². The molecule has 5 fully saturated rings. The van der Waals surface area contributed by atoms with E-state index in [0.717, 1.165) is 35.5 Å². The van der Waals surface area contributed by atoms with Crippen LogP contribution in [0.15, 0.2) is 21.5 Å². The minimum absolute atomic E-state index is 0.0565. The number of terminal acetylenes is 1. The van der Waals surface area contributed by atoms with Crippen molar-refractivity contribution in [3.8, 4) is 23.8 Å². The molecular weight excluding hydrogens is 536 g/mol. The zero-order valence-electron chi connectivity index (χ0n) is 18.8. The summed E-state index contributed by atoms with van der Waals surface area (Å²) in [5.74, 6) is 4.86. The summed E-state index contributed by atoms with van der Waals surface area (Å²) in [6, 6.07) is 3.58. The van der Waals surface area contributed by atoms with E-state index in [0.29, 0.717) is 44.0 Å². The van der Waals surface area contributed by atoms with Crippen LogP contribution in [-0.2, 0) is 9.59 Å². The Labute approximate surface area is 217 Å². The molecule has 0 unspecified atom stereocenters. The average Bonchev–Trinajstić information content (AvgIpc) is 3.04. The van der Waals surface area contributed by atoms with Gasteiger partial charge in [-0.15, -0.1) is 6.42 Å². The summed E-state index contributed by atoms with van der Waals surface area (Å²) < 4.78 is 12.2. The first-order valence-corrected chi connectivity index (χ1v) is 13.4. The van der Waals surface area contributed by atoms with Gasteiger partial charge >= 0.3 is 0 Å². The Kier molecular flexibility index (Phi) is 6.42. The molecule has 4 saturated carbocycles. The van der Waals surface area contributed by atoms with Crippen LogP contribution < -0.4 is 14.9 Å². The number of thiocarbonyl (C=S) groups is 1. The number of carbonyl (C=O) groups excluding carboxylic acids is 2. The molecule has 1 aromatic carbocycles. The molecule has 0 spiro atoms. The fraction of sp³-hybridized carbons (Fsp3) is 0.480. The standard InChI is InChI=1S/C25H25BrN2O4S2/c1-3-4-32-21-17(8-18(26)10-19(21)31-2)9-20-22(29)28(24(33)34-20)27-23(30)25-11-14-5-15(12-25)7-16(6-14)13-25/h1,8-10,14-16H,4-7,11-13H2,2H3,(H,27,30)/b20-9+. The van der Waals surface area contributed by atoms with Crippen LogP contribution in [0.2, 0.25) is 0 Å². The van der Waals surface area contributed by atoms with Gasteiger partial charge in [-0.2, -0.15) is 5.01 Å². The van der Waals surface area contributed by atoms with Crippen molar-refractivity contribution >= 4 is 62.1 Å². The first-order valence-electron chi connectivity index (χ1n) is 11.3. The Bertz CT molecular complexity index is 1110. The van der Waals surface area contributed by atoms with E-state index in [-0.39, 0.29) is 23.8 Å². The maximum absolute atomic E-state index is 13.5. The number of benzene rings is 1. The minimum Gasteiger partial charge on any atom is -0.493 e. The Balaban J connectivity index is 1.38. The Morgan fingerprint density at radius 2 is 1.97 bits per heavy atom. The third kappa shape index (κ3) is 4.25. The zero-order valence-corrected chi connectivity index (χ0v) is 22.0. The number of halogens is 1. The van der Waals surface area contributed by atoms with Crippen molar-refractivity contribution in [3.05, 3.63) is 27.1 Å². The molecule has 9 heteroatoms. The van der Waals surface area contributed by atoms with Crippen molar-refractivity contribution in [3.63, 3.8) is 0 Å². The highest BCUT2D eigenvalue weighted by Crippen LogP contribution is 2.60. The molecule has 34 heavy (non-hydrogen) atoms. The van der Waals surface area contributed by atoms with E-state index >= 15 is 0 Å². The van der Waals surface area contributed by atoms with Crippen molar-refractivity contribution < 1.29 is 19.1 Å². The van der Waals surface area contributed by atoms with Gasteiger partial charge in [0.2, 0.25) is 5.91 Å². The van der Waals surface area contributed by atoms with E-state index in [2.05, 4.69) is 27.3 Å². The number of thioether (sulfide) groups is 1. The normalized spacial score (nSPS) is 30.6. The molecule has 6 nitrogen and oxygen atoms in total. The topological polar surface area (TPSA) is 67.9 Å². The molecule has 5 aliphatic rings. The summed E-state index contributed by atoms with van der Waals surface area (Å²) in [5.41, 5.74) is 3.14. The molecule has 1 aliphatic heterocycles. The van der Waals surface area contributed by atoms with Gasteiger partial charge in [-0.3, -0.25) is 15.0 Å². The number of hydrogen-bond acceptors (Lipinski definition) is 6. The number of amides is 2. The fourth-order valence-electron chi connectivity index (χ4n) is 6.43. The van der Waals surface area contributed by atoms with Crippen molar-refractivity contribution in [1.29, 1.82) is 0 Å². The highest BCUT2D eigenvalue weighted by Gasteiger charge is 2.55. The molecule has 1 N–H and O–H groups in total. The summed E-state index contributed by atoms with van der Waals surface area (Å²) in [6.45, 7) is 0.0565. The third-order valence-corrected chi connectivity index (χ3v) is 9.14. The van der Waals surface area contributed by atoms with E-state index in [1.807, 2.05) is 6.07 Å². The van der Waals surface area contributed by atoms with Gasteiger partial charge in [-0.25, -0.2) is 0 Å². The summed E-state index contributed by atoms with van der Waals surface area (Å²) in [7, 11) is 1.54. The van der Waals surface area contributed by atoms with Gasteiger partial charge in [-0.05, 0) is 86.7 Å². The monoisotopic (exact) mass is 560 g/mol. The second kappa shape index (κ2) is 9.21. The predicted octanol–water partition coefficient (Wildman–Crippen LogP) is 4.92. The molecule has 1 heterocycles. The van der Waals surface area contributed by atoms with Gasteiger partial charge in [0.15, 0.2) is 15.8 Å². The minimum atomic E-state index is -0.365. The van der Waals surface area contributed by atoms with Crippen LogP contribution in [0.5, 0.6) is 11.5 Å². The van der Waals surface area contributed by atoms with Crippen LogP contribution in [0, 0.1) is 35.5 Å². The van der Waals surface area contributed by atoms with E-state index in [1.165, 1.54) is 31.4 Å². The van der Waals surface area contributed by atoms with E-state index in [1.54, 1.807) is 12.1 Å². The van der Waals surface area contributed by atoms with Crippen LogP contribution in [-0.4, -0.2) is 34.9 Å². The Hall–Kier alpha value is -2.02. The lowest BCUT2D eigenvalue weighted by atomic mass is 9.49. The van der Waals surface area contributed by atoms with Crippen molar-refractivity contribution in [2.45, 2.75) is 38.5 Å². The number of methoxy groups -OCH3 is 1.